The second-order valence-corrected chi connectivity index (χ2v) is 6.15. The molecule has 2 atom stereocenters. The molecule has 0 aromatic heterocycles. The van der Waals surface area contributed by atoms with E-state index in [1.165, 1.54) is 64.5 Å². The minimum atomic E-state index is 0.751. The lowest BCUT2D eigenvalue weighted by Gasteiger charge is -2.34. The molecule has 0 aliphatic heterocycles. The summed E-state index contributed by atoms with van der Waals surface area (Å²) in [6.07, 6.45) is 11.3. The van der Waals surface area contributed by atoms with Crippen LogP contribution in [0.1, 0.15) is 58.3 Å². The summed E-state index contributed by atoms with van der Waals surface area (Å²) in [5.41, 5.74) is 0. The first kappa shape index (κ1) is 13.4. The zero-order chi connectivity index (χ0) is 12.1. The number of hydrogen-bond acceptors (Lipinski definition) is 2. The van der Waals surface area contributed by atoms with Crippen molar-refractivity contribution in [1.29, 1.82) is 0 Å². The minimum absolute atomic E-state index is 0.751. The van der Waals surface area contributed by atoms with Crippen molar-refractivity contribution in [2.45, 2.75) is 70.4 Å². The highest BCUT2D eigenvalue weighted by molar-refractivity contribution is 4.88. The van der Waals surface area contributed by atoms with E-state index >= 15 is 0 Å². The predicted molar refractivity (Wildman–Crippen MR) is 74.3 cm³/mol. The number of likely N-dealkylation sites (N-methyl/N-ethyl adjacent to an activating group) is 1. The van der Waals surface area contributed by atoms with E-state index in [1.807, 2.05) is 0 Å². The van der Waals surface area contributed by atoms with Crippen molar-refractivity contribution in [1.82, 2.24) is 10.2 Å². The molecule has 2 unspecified atom stereocenters. The zero-order valence-electron chi connectivity index (χ0n) is 11.8. The maximum Gasteiger partial charge on any atom is 0.0246 e. The molecule has 2 rings (SSSR count). The lowest BCUT2D eigenvalue weighted by atomic mass is 10.0. The summed E-state index contributed by atoms with van der Waals surface area (Å²) in [6.45, 7) is 4.81. The van der Waals surface area contributed by atoms with E-state index in [2.05, 4.69) is 24.2 Å². The van der Waals surface area contributed by atoms with Crippen molar-refractivity contribution in [3.05, 3.63) is 0 Å². The Balaban J connectivity index is 1.86. The standard InChI is InChI=1S/C15H30N2/c1-3-11-16-14-7-5-4-6-8-15(14)17(2)12-13-9-10-13/h13-16H,3-12H2,1-2H3. The third kappa shape index (κ3) is 4.26. The summed E-state index contributed by atoms with van der Waals surface area (Å²) in [7, 11) is 2.36. The van der Waals surface area contributed by atoms with Crippen molar-refractivity contribution >= 4 is 0 Å². The molecule has 0 saturated heterocycles. The van der Waals surface area contributed by atoms with Gasteiger partial charge in [-0.15, -0.1) is 0 Å². The van der Waals surface area contributed by atoms with Crippen molar-refractivity contribution in [3.8, 4) is 0 Å². The molecule has 2 fully saturated rings. The van der Waals surface area contributed by atoms with Gasteiger partial charge in [0.25, 0.3) is 0 Å². The normalized spacial score (nSPS) is 30.5. The molecule has 0 amide bonds. The second kappa shape index (κ2) is 6.75. The van der Waals surface area contributed by atoms with Crippen molar-refractivity contribution in [2.75, 3.05) is 20.1 Å². The molecular formula is C15H30N2. The highest BCUT2D eigenvalue weighted by atomic mass is 15.2. The fourth-order valence-electron chi connectivity index (χ4n) is 3.23. The fraction of sp³-hybridized carbons (Fsp3) is 1.00. The Morgan fingerprint density at radius 2 is 1.82 bits per heavy atom. The van der Waals surface area contributed by atoms with Gasteiger partial charge in [0, 0.05) is 18.6 Å². The Kier molecular flexibility index (Phi) is 5.30. The average molecular weight is 238 g/mol. The summed E-state index contributed by atoms with van der Waals surface area (Å²) in [6, 6.07) is 1.55. The van der Waals surface area contributed by atoms with Crippen LogP contribution in [-0.2, 0) is 0 Å². The maximum absolute atomic E-state index is 3.79. The van der Waals surface area contributed by atoms with Crippen LogP contribution < -0.4 is 5.32 Å². The Labute approximate surface area is 107 Å². The molecule has 0 bridgehead atoms. The van der Waals surface area contributed by atoms with Crippen molar-refractivity contribution in [3.63, 3.8) is 0 Å². The summed E-state index contributed by atoms with van der Waals surface area (Å²) < 4.78 is 0. The van der Waals surface area contributed by atoms with Crippen LogP contribution in [0, 0.1) is 5.92 Å². The Morgan fingerprint density at radius 1 is 1.06 bits per heavy atom. The van der Waals surface area contributed by atoms with E-state index in [1.54, 1.807) is 0 Å². The van der Waals surface area contributed by atoms with Gasteiger partial charge in [-0.3, -0.25) is 0 Å². The highest BCUT2D eigenvalue weighted by Gasteiger charge is 2.30. The van der Waals surface area contributed by atoms with Gasteiger partial charge in [-0.2, -0.15) is 0 Å². The van der Waals surface area contributed by atoms with E-state index in [4.69, 9.17) is 0 Å². The molecule has 2 aliphatic rings. The monoisotopic (exact) mass is 238 g/mol. The van der Waals surface area contributed by atoms with Crippen LogP contribution in [0.4, 0.5) is 0 Å². The second-order valence-electron chi connectivity index (χ2n) is 6.15. The van der Waals surface area contributed by atoms with E-state index in [0.29, 0.717) is 0 Å². The first-order chi connectivity index (χ1) is 8.31. The first-order valence-electron chi connectivity index (χ1n) is 7.75. The molecule has 0 radical (unpaired) electrons. The molecule has 0 heterocycles. The molecule has 2 heteroatoms. The summed E-state index contributed by atoms with van der Waals surface area (Å²) in [4.78, 5) is 2.66. The molecule has 2 aliphatic carbocycles. The summed E-state index contributed by atoms with van der Waals surface area (Å²) >= 11 is 0. The van der Waals surface area contributed by atoms with Crippen molar-refractivity contribution in [2.24, 2.45) is 5.92 Å². The average Bonchev–Trinajstić information content (AvgIpc) is 3.12. The van der Waals surface area contributed by atoms with Gasteiger partial charge in [-0.1, -0.05) is 26.2 Å². The van der Waals surface area contributed by atoms with Gasteiger partial charge in [0.15, 0.2) is 0 Å². The van der Waals surface area contributed by atoms with Gasteiger partial charge >= 0.3 is 0 Å². The number of nitrogens with one attached hydrogen (secondary N) is 1. The van der Waals surface area contributed by atoms with Crippen LogP contribution in [0.2, 0.25) is 0 Å². The van der Waals surface area contributed by atoms with E-state index in [0.717, 1.165) is 18.0 Å². The molecule has 1 N–H and O–H groups in total. The van der Waals surface area contributed by atoms with Gasteiger partial charge in [0.2, 0.25) is 0 Å². The molecule has 0 spiro atoms. The highest BCUT2D eigenvalue weighted by Crippen LogP contribution is 2.31. The molecule has 17 heavy (non-hydrogen) atoms. The van der Waals surface area contributed by atoms with E-state index in [9.17, 15) is 0 Å². The molecule has 0 aromatic rings. The first-order valence-corrected chi connectivity index (χ1v) is 7.75. The Morgan fingerprint density at radius 3 is 2.53 bits per heavy atom. The lowest BCUT2D eigenvalue weighted by Crippen LogP contribution is -2.48. The van der Waals surface area contributed by atoms with Gasteiger partial charge in [0.05, 0.1) is 0 Å². The van der Waals surface area contributed by atoms with Crippen LogP contribution >= 0.6 is 0 Å². The topological polar surface area (TPSA) is 15.3 Å². The number of nitrogens with zero attached hydrogens (tertiary/aromatic N) is 1. The van der Waals surface area contributed by atoms with Crippen molar-refractivity contribution < 1.29 is 0 Å². The Hall–Kier alpha value is -0.0800. The zero-order valence-corrected chi connectivity index (χ0v) is 11.8. The van der Waals surface area contributed by atoms with Crippen LogP contribution in [0.25, 0.3) is 0 Å². The largest absolute Gasteiger partial charge is 0.312 e. The van der Waals surface area contributed by atoms with Crippen LogP contribution in [0.3, 0.4) is 0 Å². The minimum Gasteiger partial charge on any atom is -0.312 e. The van der Waals surface area contributed by atoms with Gasteiger partial charge < -0.3 is 10.2 Å². The number of rotatable bonds is 6. The lowest BCUT2D eigenvalue weighted by molar-refractivity contribution is 0.175. The Bertz CT molecular complexity index is 213. The number of hydrogen-bond donors (Lipinski definition) is 1. The van der Waals surface area contributed by atoms with Gasteiger partial charge in [0.1, 0.15) is 0 Å². The molecule has 2 saturated carbocycles. The van der Waals surface area contributed by atoms with Crippen LogP contribution in [0.5, 0.6) is 0 Å². The van der Waals surface area contributed by atoms with Gasteiger partial charge in [-0.25, -0.2) is 0 Å². The van der Waals surface area contributed by atoms with E-state index < -0.39 is 0 Å². The molecular weight excluding hydrogens is 208 g/mol. The molecule has 0 aromatic carbocycles. The van der Waals surface area contributed by atoms with E-state index in [-0.39, 0.29) is 0 Å². The summed E-state index contributed by atoms with van der Waals surface area (Å²) in [5, 5.41) is 3.79. The SMILES string of the molecule is CCCNC1CCCCCC1N(C)CC1CC1. The van der Waals surface area contributed by atoms with Crippen LogP contribution in [0.15, 0.2) is 0 Å². The molecule has 2 nitrogen and oxygen atoms in total. The predicted octanol–water partition coefficient (Wildman–Crippen LogP) is 3.03. The fourth-order valence-corrected chi connectivity index (χ4v) is 3.23. The summed E-state index contributed by atoms with van der Waals surface area (Å²) in [5.74, 6) is 1.02. The smallest absolute Gasteiger partial charge is 0.0246 e. The molecule has 100 valence electrons. The quantitative estimate of drug-likeness (QED) is 0.716. The third-order valence-corrected chi connectivity index (χ3v) is 4.45. The maximum atomic E-state index is 3.79. The van der Waals surface area contributed by atoms with Crippen LogP contribution in [-0.4, -0.2) is 37.1 Å². The third-order valence-electron chi connectivity index (χ3n) is 4.45. The van der Waals surface area contributed by atoms with Gasteiger partial charge in [-0.05, 0) is 51.6 Å².